The maximum atomic E-state index is 8.69. The fourth-order valence-corrected chi connectivity index (χ4v) is 2.33. The lowest BCUT2D eigenvalue weighted by Crippen LogP contribution is -1.98. The van der Waals surface area contributed by atoms with Gasteiger partial charge in [-0.25, -0.2) is 4.98 Å². The van der Waals surface area contributed by atoms with Crippen LogP contribution in [0.1, 0.15) is 21.1 Å². The molecule has 0 aliphatic carbocycles. The standard InChI is InChI=1S/C13H13N3S/c1-9-10(2)17-13(16-9)8-15-12-5-3-11(7-14)4-6-12/h3-6,15H,8H2,1-2H3. The van der Waals surface area contributed by atoms with Crippen LogP contribution in [-0.2, 0) is 6.54 Å². The molecule has 0 radical (unpaired) electrons. The van der Waals surface area contributed by atoms with E-state index in [0.717, 1.165) is 22.9 Å². The third-order valence-corrected chi connectivity index (χ3v) is 3.60. The van der Waals surface area contributed by atoms with Gasteiger partial charge in [-0.3, -0.25) is 0 Å². The van der Waals surface area contributed by atoms with Crippen molar-refractivity contribution in [1.82, 2.24) is 4.98 Å². The van der Waals surface area contributed by atoms with Gasteiger partial charge in [0.25, 0.3) is 0 Å². The first kappa shape index (κ1) is 11.6. The molecule has 0 aliphatic rings. The Morgan fingerprint density at radius 2 is 2.00 bits per heavy atom. The van der Waals surface area contributed by atoms with Crippen molar-refractivity contribution in [3.8, 4) is 6.07 Å². The van der Waals surface area contributed by atoms with Crippen LogP contribution in [-0.4, -0.2) is 4.98 Å². The minimum Gasteiger partial charge on any atom is -0.379 e. The topological polar surface area (TPSA) is 48.7 Å². The molecule has 0 saturated heterocycles. The van der Waals surface area contributed by atoms with E-state index in [1.807, 2.05) is 19.1 Å². The Morgan fingerprint density at radius 1 is 1.29 bits per heavy atom. The van der Waals surface area contributed by atoms with Crippen LogP contribution in [0, 0.1) is 25.2 Å². The number of anilines is 1. The normalized spacial score (nSPS) is 9.94. The SMILES string of the molecule is Cc1nc(CNc2ccc(C#N)cc2)sc1C. The Hall–Kier alpha value is -1.86. The molecule has 2 rings (SSSR count). The number of nitrogens with zero attached hydrogens (tertiary/aromatic N) is 2. The fraction of sp³-hybridized carbons (Fsp3) is 0.231. The van der Waals surface area contributed by atoms with Crippen molar-refractivity contribution in [1.29, 1.82) is 5.26 Å². The van der Waals surface area contributed by atoms with Crippen molar-refractivity contribution in [3.05, 3.63) is 45.4 Å². The third-order valence-electron chi connectivity index (χ3n) is 2.53. The second kappa shape index (κ2) is 4.98. The van der Waals surface area contributed by atoms with Crippen LogP contribution in [0.5, 0.6) is 0 Å². The molecule has 0 atom stereocenters. The summed E-state index contributed by atoms with van der Waals surface area (Å²) in [5, 5.41) is 13.1. The number of thiazole rings is 1. The fourth-order valence-electron chi connectivity index (χ4n) is 1.46. The Bertz CT molecular complexity index is 530. The number of nitriles is 1. The summed E-state index contributed by atoms with van der Waals surface area (Å²) in [6.45, 7) is 4.83. The maximum absolute atomic E-state index is 8.69. The van der Waals surface area contributed by atoms with E-state index in [1.165, 1.54) is 4.88 Å². The van der Waals surface area contributed by atoms with Crippen LogP contribution < -0.4 is 5.32 Å². The van der Waals surface area contributed by atoms with Gasteiger partial charge in [0.2, 0.25) is 0 Å². The highest BCUT2D eigenvalue weighted by Crippen LogP contribution is 2.18. The summed E-state index contributed by atoms with van der Waals surface area (Å²) in [7, 11) is 0. The predicted octanol–water partition coefficient (Wildman–Crippen LogP) is 3.24. The smallest absolute Gasteiger partial charge is 0.112 e. The van der Waals surface area contributed by atoms with Crippen LogP contribution >= 0.6 is 11.3 Å². The second-order valence-electron chi connectivity index (χ2n) is 3.79. The first-order valence-corrected chi connectivity index (χ1v) is 6.17. The Balaban J connectivity index is 2.00. The number of aryl methyl sites for hydroxylation is 2. The lowest BCUT2D eigenvalue weighted by Gasteiger charge is -2.03. The van der Waals surface area contributed by atoms with Gasteiger partial charge in [-0.05, 0) is 38.1 Å². The molecule has 86 valence electrons. The highest BCUT2D eigenvalue weighted by atomic mass is 32.1. The Labute approximate surface area is 105 Å². The molecule has 1 aromatic carbocycles. The molecule has 0 unspecified atom stereocenters. The van der Waals surface area contributed by atoms with Gasteiger partial charge in [-0.2, -0.15) is 5.26 Å². The van der Waals surface area contributed by atoms with E-state index in [0.29, 0.717) is 5.56 Å². The number of rotatable bonds is 3. The molecule has 4 heteroatoms. The predicted molar refractivity (Wildman–Crippen MR) is 70.1 cm³/mol. The highest BCUT2D eigenvalue weighted by Gasteiger charge is 2.02. The first-order valence-electron chi connectivity index (χ1n) is 5.36. The first-order chi connectivity index (χ1) is 8.19. The third kappa shape index (κ3) is 2.83. The maximum Gasteiger partial charge on any atom is 0.112 e. The highest BCUT2D eigenvalue weighted by molar-refractivity contribution is 7.11. The second-order valence-corrected chi connectivity index (χ2v) is 5.08. The molecule has 3 nitrogen and oxygen atoms in total. The zero-order chi connectivity index (χ0) is 12.3. The van der Waals surface area contributed by atoms with Crippen molar-refractivity contribution < 1.29 is 0 Å². The van der Waals surface area contributed by atoms with Gasteiger partial charge < -0.3 is 5.32 Å². The monoisotopic (exact) mass is 243 g/mol. The number of hydrogen-bond acceptors (Lipinski definition) is 4. The van der Waals surface area contributed by atoms with E-state index in [1.54, 1.807) is 23.5 Å². The van der Waals surface area contributed by atoms with E-state index < -0.39 is 0 Å². The van der Waals surface area contributed by atoms with Crippen LogP contribution in [0.3, 0.4) is 0 Å². The summed E-state index contributed by atoms with van der Waals surface area (Å²) >= 11 is 1.72. The van der Waals surface area contributed by atoms with E-state index in [-0.39, 0.29) is 0 Å². The van der Waals surface area contributed by atoms with E-state index >= 15 is 0 Å². The van der Waals surface area contributed by atoms with Crippen molar-refractivity contribution >= 4 is 17.0 Å². The lowest BCUT2D eigenvalue weighted by molar-refractivity contribution is 1.07. The Kier molecular flexibility index (Phi) is 3.40. The van der Waals surface area contributed by atoms with Gasteiger partial charge in [0.1, 0.15) is 5.01 Å². The van der Waals surface area contributed by atoms with Crippen LogP contribution in [0.15, 0.2) is 24.3 Å². The van der Waals surface area contributed by atoms with Gasteiger partial charge in [-0.1, -0.05) is 0 Å². The lowest BCUT2D eigenvalue weighted by atomic mass is 10.2. The number of benzene rings is 1. The molecule has 0 amide bonds. The summed E-state index contributed by atoms with van der Waals surface area (Å²) in [5.74, 6) is 0. The minimum atomic E-state index is 0.677. The summed E-state index contributed by atoms with van der Waals surface area (Å²) in [6.07, 6.45) is 0. The molecule has 0 spiro atoms. The van der Waals surface area contributed by atoms with E-state index in [4.69, 9.17) is 5.26 Å². The average Bonchev–Trinajstić information content (AvgIpc) is 2.67. The zero-order valence-electron chi connectivity index (χ0n) is 9.82. The van der Waals surface area contributed by atoms with Gasteiger partial charge >= 0.3 is 0 Å². The number of aromatic nitrogens is 1. The van der Waals surface area contributed by atoms with Crippen LogP contribution in [0.4, 0.5) is 5.69 Å². The van der Waals surface area contributed by atoms with E-state index in [2.05, 4.69) is 23.3 Å². The summed E-state index contributed by atoms with van der Waals surface area (Å²) < 4.78 is 0. The number of nitrogens with one attached hydrogen (secondary N) is 1. The van der Waals surface area contributed by atoms with Crippen LogP contribution in [0.2, 0.25) is 0 Å². The molecule has 1 heterocycles. The van der Waals surface area contributed by atoms with Crippen molar-refractivity contribution in [2.24, 2.45) is 0 Å². The Morgan fingerprint density at radius 3 is 2.53 bits per heavy atom. The van der Waals surface area contributed by atoms with Crippen molar-refractivity contribution in [3.63, 3.8) is 0 Å². The summed E-state index contributed by atoms with van der Waals surface area (Å²) in [6, 6.07) is 9.53. The van der Waals surface area contributed by atoms with Gasteiger partial charge in [0.05, 0.1) is 23.9 Å². The van der Waals surface area contributed by atoms with Crippen molar-refractivity contribution in [2.45, 2.75) is 20.4 Å². The largest absolute Gasteiger partial charge is 0.379 e. The van der Waals surface area contributed by atoms with Gasteiger partial charge in [0.15, 0.2) is 0 Å². The molecule has 0 fully saturated rings. The molecule has 1 aromatic heterocycles. The van der Waals surface area contributed by atoms with Gasteiger partial charge in [0, 0.05) is 10.6 Å². The van der Waals surface area contributed by atoms with E-state index in [9.17, 15) is 0 Å². The number of hydrogen-bond donors (Lipinski definition) is 1. The molecule has 1 N–H and O–H groups in total. The summed E-state index contributed by atoms with van der Waals surface area (Å²) in [5.41, 5.74) is 2.79. The molecule has 0 aliphatic heterocycles. The molecular formula is C13H13N3S. The molecule has 0 bridgehead atoms. The molecule has 2 aromatic rings. The minimum absolute atomic E-state index is 0.677. The summed E-state index contributed by atoms with van der Waals surface area (Å²) in [4.78, 5) is 5.73. The van der Waals surface area contributed by atoms with Crippen molar-refractivity contribution in [2.75, 3.05) is 5.32 Å². The molecule has 0 saturated carbocycles. The van der Waals surface area contributed by atoms with Gasteiger partial charge in [-0.15, -0.1) is 11.3 Å². The average molecular weight is 243 g/mol. The zero-order valence-corrected chi connectivity index (χ0v) is 10.6. The molecule has 17 heavy (non-hydrogen) atoms. The van der Waals surface area contributed by atoms with Crippen LogP contribution in [0.25, 0.3) is 0 Å². The quantitative estimate of drug-likeness (QED) is 0.900. The molecular weight excluding hydrogens is 230 g/mol.